The maximum Gasteiger partial charge on any atom is 0.228 e. The summed E-state index contributed by atoms with van der Waals surface area (Å²) in [7, 11) is 7.17. The summed E-state index contributed by atoms with van der Waals surface area (Å²) >= 11 is 0. The van der Waals surface area contributed by atoms with Gasteiger partial charge in [0.25, 0.3) is 0 Å². The smallest absolute Gasteiger partial charge is 0.228 e. The second-order valence-corrected chi connectivity index (χ2v) is 5.80. The van der Waals surface area contributed by atoms with E-state index in [1.807, 2.05) is 62.3 Å². The van der Waals surface area contributed by atoms with E-state index in [4.69, 9.17) is 9.47 Å². The topological polar surface area (TPSA) is 50.8 Å². The summed E-state index contributed by atoms with van der Waals surface area (Å²) < 4.78 is 10.7. The Hall–Kier alpha value is -2.69. The lowest BCUT2D eigenvalue weighted by Crippen LogP contribution is -2.15. The van der Waals surface area contributed by atoms with E-state index in [2.05, 4.69) is 5.32 Å². The SMILES string of the molecule is COc1cc(CC(=O)Nc2ccc(N(C)C)cc2)c(OC)cc1C. The normalized spacial score (nSPS) is 10.2. The highest BCUT2D eigenvalue weighted by Crippen LogP contribution is 2.28. The highest BCUT2D eigenvalue weighted by molar-refractivity contribution is 5.92. The van der Waals surface area contributed by atoms with Gasteiger partial charge in [-0.05, 0) is 48.9 Å². The van der Waals surface area contributed by atoms with Crippen molar-refractivity contribution < 1.29 is 14.3 Å². The van der Waals surface area contributed by atoms with E-state index in [1.165, 1.54) is 0 Å². The second-order valence-electron chi connectivity index (χ2n) is 5.80. The van der Waals surface area contributed by atoms with Crippen LogP contribution in [0, 0.1) is 6.92 Å². The molecule has 0 saturated carbocycles. The number of anilines is 2. The highest BCUT2D eigenvalue weighted by Gasteiger charge is 2.13. The molecular weight excluding hydrogens is 304 g/mol. The fraction of sp³-hybridized carbons (Fsp3) is 0.316. The van der Waals surface area contributed by atoms with Gasteiger partial charge in [0, 0.05) is 31.0 Å². The predicted octanol–water partition coefficient (Wildman–Crippen LogP) is 3.26. The van der Waals surface area contributed by atoms with Crippen LogP contribution in [0.5, 0.6) is 11.5 Å². The summed E-state index contributed by atoms with van der Waals surface area (Å²) in [5.74, 6) is 1.33. The number of nitrogens with one attached hydrogen (secondary N) is 1. The van der Waals surface area contributed by atoms with Crippen molar-refractivity contribution in [3.8, 4) is 11.5 Å². The van der Waals surface area contributed by atoms with E-state index < -0.39 is 0 Å². The minimum absolute atomic E-state index is 0.100. The van der Waals surface area contributed by atoms with Gasteiger partial charge in [-0.25, -0.2) is 0 Å². The predicted molar refractivity (Wildman–Crippen MR) is 97.4 cm³/mol. The number of benzene rings is 2. The van der Waals surface area contributed by atoms with Crippen molar-refractivity contribution in [1.29, 1.82) is 0 Å². The zero-order valence-corrected chi connectivity index (χ0v) is 14.8. The van der Waals surface area contributed by atoms with Crippen molar-refractivity contribution in [2.45, 2.75) is 13.3 Å². The molecule has 0 atom stereocenters. The molecular formula is C19H24N2O3. The molecule has 1 N–H and O–H groups in total. The first-order chi connectivity index (χ1) is 11.4. The third-order valence-electron chi connectivity index (χ3n) is 3.82. The van der Waals surface area contributed by atoms with E-state index in [9.17, 15) is 4.79 Å². The van der Waals surface area contributed by atoms with E-state index in [0.29, 0.717) is 5.75 Å². The van der Waals surface area contributed by atoms with E-state index in [0.717, 1.165) is 28.3 Å². The molecule has 0 bridgehead atoms. The summed E-state index contributed by atoms with van der Waals surface area (Å²) in [4.78, 5) is 14.3. The summed E-state index contributed by atoms with van der Waals surface area (Å²) in [5.41, 5.74) is 3.61. The number of carbonyl (C=O) groups excluding carboxylic acids is 1. The lowest BCUT2D eigenvalue weighted by molar-refractivity contribution is -0.115. The first kappa shape index (κ1) is 17.7. The summed E-state index contributed by atoms with van der Waals surface area (Å²) in [6.45, 7) is 1.94. The fourth-order valence-corrected chi connectivity index (χ4v) is 2.47. The molecule has 0 radical (unpaired) electrons. The van der Waals surface area contributed by atoms with Crippen LogP contribution < -0.4 is 19.7 Å². The van der Waals surface area contributed by atoms with Crippen LogP contribution in [0.15, 0.2) is 36.4 Å². The molecule has 0 saturated heterocycles. The highest BCUT2D eigenvalue weighted by atomic mass is 16.5. The van der Waals surface area contributed by atoms with Crippen LogP contribution in [0.1, 0.15) is 11.1 Å². The zero-order chi connectivity index (χ0) is 17.7. The number of nitrogens with zero attached hydrogens (tertiary/aromatic N) is 1. The zero-order valence-electron chi connectivity index (χ0n) is 14.8. The molecule has 0 spiro atoms. The number of rotatable bonds is 6. The molecule has 0 aliphatic rings. The molecule has 2 aromatic carbocycles. The lowest BCUT2D eigenvalue weighted by atomic mass is 10.1. The maximum atomic E-state index is 12.3. The van der Waals surface area contributed by atoms with Gasteiger partial charge in [0.15, 0.2) is 0 Å². The Morgan fingerprint density at radius 3 is 2.21 bits per heavy atom. The molecule has 128 valence electrons. The van der Waals surface area contributed by atoms with Crippen molar-refractivity contribution in [3.63, 3.8) is 0 Å². The maximum absolute atomic E-state index is 12.3. The Kier molecular flexibility index (Phi) is 5.68. The number of aryl methyl sites for hydroxylation is 1. The van der Waals surface area contributed by atoms with Crippen molar-refractivity contribution in [2.24, 2.45) is 0 Å². The molecule has 0 heterocycles. The standard InChI is InChI=1S/C19H24N2O3/c1-13-10-18(24-5)14(11-17(13)23-4)12-19(22)20-15-6-8-16(9-7-15)21(2)3/h6-11H,12H2,1-5H3,(H,20,22). The van der Waals surface area contributed by atoms with Crippen LogP contribution in [-0.4, -0.2) is 34.2 Å². The van der Waals surface area contributed by atoms with E-state index in [1.54, 1.807) is 14.2 Å². The van der Waals surface area contributed by atoms with Gasteiger partial charge in [0.2, 0.25) is 5.91 Å². The molecule has 0 aliphatic carbocycles. The van der Waals surface area contributed by atoms with Crippen LogP contribution in [0.4, 0.5) is 11.4 Å². The average molecular weight is 328 g/mol. The largest absolute Gasteiger partial charge is 0.496 e. The van der Waals surface area contributed by atoms with Crippen LogP contribution in [0.25, 0.3) is 0 Å². The number of ether oxygens (including phenoxy) is 2. The molecule has 24 heavy (non-hydrogen) atoms. The van der Waals surface area contributed by atoms with Gasteiger partial charge in [0.1, 0.15) is 11.5 Å². The number of hydrogen-bond acceptors (Lipinski definition) is 4. The van der Waals surface area contributed by atoms with Gasteiger partial charge in [0.05, 0.1) is 20.6 Å². The minimum Gasteiger partial charge on any atom is -0.496 e. The third kappa shape index (κ3) is 4.19. The Morgan fingerprint density at radius 1 is 1.04 bits per heavy atom. The fourth-order valence-electron chi connectivity index (χ4n) is 2.47. The number of hydrogen-bond donors (Lipinski definition) is 1. The molecule has 0 aromatic heterocycles. The summed E-state index contributed by atoms with van der Waals surface area (Å²) in [6.07, 6.45) is 0.218. The van der Waals surface area contributed by atoms with Crippen molar-refractivity contribution in [3.05, 3.63) is 47.5 Å². The lowest BCUT2D eigenvalue weighted by Gasteiger charge is -2.14. The van der Waals surface area contributed by atoms with E-state index >= 15 is 0 Å². The van der Waals surface area contributed by atoms with Gasteiger partial charge in [-0.2, -0.15) is 0 Å². The number of amides is 1. The number of carbonyl (C=O) groups is 1. The minimum atomic E-state index is -0.100. The molecule has 5 heteroatoms. The molecule has 0 unspecified atom stereocenters. The average Bonchev–Trinajstić information content (AvgIpc) is 2.56. The quantitative estimate of drug-likeness (QED) is 0.884. The molecule has 0 fully saturated rings. The second kappa shape index (κ2) is 7.73. The van der Waals surface area contributed by atoms with Crippen LogP contribution in [0.3, 0.4) is 0 Å². The third-order valence-corrected chi connectivity index (χ3v) is 3.82. The van der Waals surface area contributed by atoms with Crippen molar-refractivity contribution in [1.82, 2.24) is 0 Å². The van der Waals surface area contributed by atoms with Crippen LogP contribution in [0.2, 0.25) is 0 Å². The summed E-state index contributed by atoms with van der Waals surface area (Å²) in [5, 5.41) is 2.91. The van der Waals surface area contributed by atoms with Gasteiger partial charge in [-0.15, -0.1) is 0 Å². The first-order valence-electron chi connectivity index (χ1n) is 7.73. The Bertz CT molecular complexity index is 709. The molecule has 2 rings (SSSR count). The Morgan fingerprint density at radius 2 is 1.67 bits per heavy atom. The van der Waals surface area contributed by atoms with Gasteiger partial charge >= 0.3 is 0 Å². The van der Waals surface area contributed by atoms with Gasteiger partial charge in [-0.1, -0.05) is 0 Å². The molecule has 0 aliphatic heterocycles. The Labute approximate surface area is 143 Å². The number of methoxy groups -OCH3 is 2. The monoisotopic (exact) mass is 328 g/mol. The summed E-state index contributed by atoms with van der Waals surface area (Å²) in [6, 6.07) is 11.4. The Balaban J connectivity index is 2.11. The van der Waals surface area contributed by atoms with Crippen LogP contribution >= 0.6 is 0 Å². The van der Waals surface area contributed by atoms with Gasteiger partial charge in [-0.3, -0.25) is 4.79 Å². The molecule has 2 aromatic rings. The van der Waals surface area contributed by atoms with Crippen molar-refractivity contribution >= 4 is 17.3 Å². The first-order valence-corrected chi connectivity index (χ1v) is 7.73. The molecule has 1 amide bonds. The van der Waals surface area contributed by atoms with Crippen LogP contribution in [-0.2, 0) is 11.2 Å². The van der Waals surface area contributed by atoms with Gasteiger partial charge < -0.3 is 19.7 Å². The van der Waals surface area contributed by atoms with Crippen molar-refractivity contribution in [2.75, 3.05) is 38.5 Å². The molecule has 5 nitrogen and oxygen atoms in total. The van der Waals surface area contributed by atoms with E-state index in [-0.39, 0.29) is 12.3 Å².